The van der Waals surface area contributed by atoms with Gasteiger partial charge in [-0.3, -0.25) is 4.68 Å². The molecule has 2 rings (SSSR count). The Hall–Kier alpha value is -1.36. The molecule has 1 aliphatic rings. The van der Waals surface area contributed by atoms with Gasteiger partial charge in [0.25, 0.3) is 0 Å². The molecule has 1 aromatic heterocycles. The fourth-order valence-corrected chi connectivity index (χ4v) is 4.26. The van der Waals surface area contributed by atoms with E-state index >= 15 is 0 Å². The van der Waals surface area contributed by atoms with Crippen molar-refractivity contribution in [1.29, 1.82) is 0 Å². The van der Waals surface area contributed by atoms with E-state index in [0.717, 1.165) is 12.8 Å². The molecule has 1 fully saturated rings. The molecule has 0 spiro atoms. The number of hydrogen-bond donors (Lipinski definition) is 1. The molecule has 6 nitrogen and oxygen atoms in total. The van der Waals surface area contributed by atoms with Gasteiger partial charge in [-0.05, 0) is 32.6 Å². The van der Waals surface area contributed by atoms with Crippen LogP contribution in [0.4, 0.5) is 0 Å². The van der Waals surface area contributed by atoms with Gasteiger partial charge in [0, 0.05) is 13.1 Å². The van der Waals surface area contributed by atoms with Crippen LogP contribution in [0.1, 0.15) is 24.2 Å². The molecule has 1 aliphatic carbocycles. The molecule has 0 aromatic carbocycles. The molecule has 116 valence electrons. The van der Waals surface area contributed by atoms with Gasteiger partial charge in [0.15, 0.2) is 0 Å². The first-order valence-corrected chi connectivity index (χ1v) is 8.53. The lowest BCUT2D eigenvalue weighted by molar-refractivity contribution is 0.429. The van der Waals surface area contributed by atoms with Crippen molar-refractivity contribution in [2.24, 2.45) is 11.7 Å². The molecule has 1 heterocycles. The third-order valence-electron chi connectivity index (χ3n) is 3.68. The van der Waals surface area contributed by atoms with E-state index in [1.807, 2.05) is 0 Å². The Morgan fingerprint density at radius 3 is 2.67 bits per heavy atom. The number of aryl methyl sites for hydroxylation is 1. The maximum Gasteiger partial charge on any atom is 0.247 e. The Kier molecular flexibility index (Phi) is 4.71. The van der Waals surface area contributed by atoms with Gasteiger partial charge in [-0.25, -0.2) is 8.42 Å². The molecule has 21 heavy (non-hydrogen) atoms. The van der Waals surface area contributed by atoms with Crippen LogP contribution in [0.2, 0.25) is 0 Å². The van der Waals surface area contributed by atoms with Gasteiger partial charge in [-0.1, -0.05) is 5.92 Å². The summed E-state index contributed by atoms with van der Waals surface area (Å²) in [7, 11) is -3.61. The SMILES string of the molecule is C#CCN(CC1CC1)S(=O)(=O)c1c(C)nn(CCN)c1C. The van der Waals surface area contributed by atoms with E-state index in [1.165, 1.54) is 4.31 Å². The van der Waals surface area contributed by atoms with Gasteiger partial charge in [0.2, 0.25) is 10.0 Å². The summed E-state index contributed by atoms with van der Waals surface area (Å²) in [4.78, 5) is 0.270. The zero-order valence-corrected chi connectivity index (χ0v) is 13.4. The Morgan fingerprint density at radius 1 is 1.48 bits per heavy atom. The Morgan fingerprint density at radius 2 is 2.14 bits per heavy atom. The average molecular weight is 310 g/mol. The van der Waals surface area contributed by atoms with E-state index in [9.17, 15) is 8.42 Å². The van der Waals surface area contributed by atoms with E-state index in [4.69, 9.17) is 12.2 Å². The Labute approximate surface area is 126 Å². The van der Waals surface area contributed by atoms with Crippen LogP contribution < -0.4 is 5.73 Å². The van der Waals surface area contributed by atoms with Gasteiger partial charge < -0.3 is 5.73 Å². The second kappa shape index (κ2) is 6.18. The minimum atomic E-state index is -3.61. The lowest BCUT2D eigenvalue weighted by atomic mass is 10.4. The maximum absolute atomic E-state index is 12.9. The molecule has 0 aliphatic heterocycles. The topological polar surface area (TPSA) is 81.2 Å². The minimum Gasteiger partial charge on any atom is -0.329 e. The molecule has 0 radical (unpaired) electrons. The molecule has 7 heteroatoms. The van der Waals surface area contributed by atoms with Crippen molar-refractivity contribution in [2.45, 2.75) is 38.1 Å². The average Bonchev–Trinajstić information content (AvgIpc) is 3.16. The second-order valence-corrected chi connectivity index (χ2v) is 7.33. The van der Waals surface area contributed by atoms with Crippen molar-refractivity contribution >= 4 is 10.0 Å². The minimum absolute atomic E-state index is 0.0970. The van der Waals surface area contributed by atoms with Crippen LogP contribution in [-0.2, 0) is 16.6 Å². The molecule has 2 N–H and O–H groups in total. The van der Waals surface area contributed by atoms with Gasteiger partial charge in [0.05, 0.1) is 24.5 Å². The van der Waals surface area contributed by atoms with Gasteiger partial charge in [-0.15, -0.1) is 6.42 Å². The normalized spacial score (nSPS) is 15.4. The highest BCUT2D eigenvalue weighted by Crippen LogP contribution is 2.32. The first kappa shape index (κ1) is 16.0. The standard InChI is InChI=1S/C14H22N4O2S/c1-4-8-17(10-13-5-6-13)21(19,20)14-11(2)16-18(9-7-15)12(14)3/h1,13H,5-10,15H2,2-3H3. The zero-order chi connectivity index (χ0) is 15.6. The molecule has 0 amide bonds. The number of aromatic nitrogens is 2. The van der Waals surface area contributed by atoms with Crippen molar-refractivity contribution < 1.29 is 8.42 Å². The molecule has 1 aromatic rings. The van der Waals surface area contributed by atoms with Crippen LogP contribution in [0.15, 0.2) is 4.90 Å². The number of nitrogens with two attached hydrogens (primary N) is 1. The highest BCUT2D eigenvalue weighted by Gasteiger charge is 2.34. The van der Waals surface area contributed by atoms with E-state index in [1.54, 1.807) is 18.5 Å². The highest BCUT2D eigenvalue weighted by molar-refractivity contribution is 7.89. The summed E-state index contributed by atoms with van der Waals surface area (Å²) in [5.74, 6) is 2.89. The second-order valence-electron chi connectivity index (χ2n) is 5.46. The Bertz CT molecular complexity index is 653. The van der Waals surface area contributed by atoms with E-state index < -0.39 is 10.0 Å². The number of hydrogen-bond acceptors (Lipinski definition) is 4. The lowest BCUT2D eigenvalue weighted by Crippen LogP contribution is -2.34. The molecular weight excluding hydrogens is 288 g/mol. The van der Waals surface area contributed by atoms with Crippen molar-refractivity contribution in [1.82, 2.24) is 14.1 Å². The highest BCUT2D eigenvalue weighted by atomic mass is 32.2. The van der Waals surface area contributed by atoms with Gasteiger partial charge in [-0.2, -0.15) is 9.40 Å². The van der Waals surface area contributed by atoms with Crippen molar-refractivity contribution in [2.75, 3.05) is 19.6 Å². The van der Waals surface area contributed by atoms with Crippen LogP contribution in [0, 0.1) is 32.1 Å². The molecule has 0 atom stereocenters. The first-order chi connectivity index (χ1) is 9.91. The zero-order valence-electron chi connectivity index (χ0n) is 12.5. The van der Waals surface area contributed by atoms with Crippen LogP contribution in [0.3, 0.4) is 0 Å². The van der Waals surface area contributed by atoms with E-state index in [0.29, 0.717) is 36.9 Å². The fourth-order valence-electron chi connectivity index (χ4n) is 2.46. The summed E-state index contributed by atoms with van der Waals surface area (Å²) in [5, 5.41) is 4.28. The number of rotatable bonds is 7. The predicted octanol–water partition coefficient (Wildman–Crippen LogP) is 0.493. The lowest BCUT2D eigenvalue weighted by Gasteiger charge is -2.20. The summed E-state index contributed by atoms with van der Waals surface area (Å²) in [6, 6.07) is 0. The van der Waals surface area contributed by atoms with Crippen LogP contribution in [0.5, 0.6) is 0 Å². The molecule has 0 bridgehead atoms. The van der Waals surface area contributed by atoms with Gasteiger partial charge in [0.1, 0.15) is 4.90 Å². The summed E-state index contributed by atoms with van der Waals surface area (Å²) in [6.45, 7) is 4.97. The van der Waals surface area contributed by atoms with Crippen LogP contribution in [-0.4, -0.2) is 42.1 Å². The van der Waals surface area contributed by atoms with Crippen molar-refractivity contribution in [3.63, 3.8) is 0 Å². The van der Waals surface area contributed by atoms with Crippen LogP contribution >= 0.6 is 0 Å². The van der Waals surface area contributed by atoms with E-state index in [2.05, 4.69) is 11.0 Å². The number of sulfonamides is 1. The molecular formula is C14H22N4O2S. The number of nitrogens with zero attached hydrogens (tertiary/aromatic N) is 3. The summed E-state index contributed by atoms with van der Waals surface area (Å²) >= 11 is 0. The van der Waals surface area contributed by atoms with E-state index in [-0.39, 0.29) is 11.4 Å². The first-order valence-electron chi connectivity index (χ1n) is 7.09. The largest absolute Gasteiger partial charge is 0.329 e. The quantitative estimate of drug-likeness (QED) is 0.743. The summed E-state index contributed by atoms with van der Waals surface area (Å²) in [6.07, 6.45) is 7.48. The Balaban J connectivity index is 2.39. The molecule has 0 saturated heterocycles. The smallest absolute Gasteiger partial charge is 0.247 e. The third kappa shape index (κ3) is 3.28. The van der Waals surface area contributed by atoms with Crippen molar-refractivity contribution in [3.8, 4) is 12.3 Å². The summed E-state index contributed by atoms with van der Waals surface area (Å²) < 4.78 is 28.8. The van der Waals surface area contributed by atoms with Crippen LogP contribution in [0.25, 0.3) is 0 Å². The van der Waals surface area contributed by atoms with Gasteiger partial charge >= 0.3 is 0 Å². The molecule has 1 saturated carbocycles. The summed E-state index contributed by atoms with van der Waals surface area (Å²) in [5.41, 5.74) is 6.65. The fraction of sp³-hybridized carbons (Fsp3) is 0.643. The maximum atomic E-state index is 12.9. The van der Waals surface area contributed by atoms with Crippen molar-refractivity contribution in [3.05, 3.63) is 11.4 Å². The predicted molar refractivity (Wildman–Crippen MR) is 81.1 cm³/mol. The molecule has 0 unspecified atom stereocenters. The number of terminal acetylenes is 1. The monoisotopic (exact) mass is 310 g/mol. The third-order valence-corrected chi connectivity index (χ3v) is 5.75.